The Balaban J connectivity index is 2.33. The lowest BCUT2D eigenvalue weighted by molar-refractivity contribution is 0.436. The Morgan fingerprint density at radius 1 is 0.905 bits per heavy atom. The van der Waals surface area contributed by atoms with Crippen LogP contribution < -0.4 is 0 Å². The van der Waals surface area contributed by atoms with Gasteiger partial charge in [0.25, 0.3) is 0 Å². The topological polar surface area (TPSA) is 0 Å². The second-order valence-electron chi connectivity index (χ2n) is 6.97. The van der Waals surface area contributed by atoms with Gasteiger partial charge < -0.3 is 0 Å². The van der Waals surface area contributed by atoms with Gasteiger partial charge in [-0.3, -0.25) is 0 Å². The van der Waals surface area contributed by atoms with Crippen molar-refractivity contribution in [2.45, 2.75) is 59.8 Å². The summed E-state index contributed by atoms with van der Waals surface area (Å²) in [5, 5.41) is 0. The summed E-state index contributed by atoms with van der Waals surface area (Å²) in [5.74, 6) is 1.15. The van der Waals surface area contributed by atoms with E-state index in [0.29, 0.717) is 11.8 Å². The van der Waals surface area contributed by atoms with Gasteiger partial charge in [0.15, 0.2) is 0 Å². The third-order valence-corrected chi connectivity index (χ3v) is 6.53. The van der Waals surface area contributed by atoms with Gasteiger partial charge in [-0.2, -0.15) is 0 Å². The maximum atomic E-state index is 2.42. The van der Waals surface area contributed by atoms with Crippen LogP contribution in [0.3, 0.4) is 0 Å². The van der Waals surface area contributed by atoms with Gasteiger partial charge in [0.2, 0.25) is 0 Å². The van der Waals surface area contributed by atoms with Crippen LogP contribution in [0.5, 0.6) is 0 Å². The Hall–Kier alpha value is -1.30. The minimum atomic E-state index is 0.265. The maximum Gasteiger partial charge on any atom is 0.0174 e. The highest BCUT2D eigenvalue weighted by Crippen LogP contribution is 2.59. The predicted molar refractivity (Wildman–Crippen MR) is 92.3 cm³/mol. The lowest BCUT2D eigenvalue weighted by atomic mass is 9.65. The predicted octanol–water partition coefficient (Wildman–Crippen LogP) is 6.13. The Kier molecular flexibility index (Phi) is 3.39. The fraction of sp³-hybridized carbons (Fsp3) is 0.524. The molecule has 0 heterocycles. The van der Waals surface area contributed by atoms with Crippen LogP contribution in [0.1, 0.15) is 65.5 Å². The third-order valence-electron chi connectivity index (χ3n) is 6.53. The van der Waals surface area contributed by atoms with Gasteiger partial charge in [-0.15, -0.1) is 0 Å². The van der Waals surface area contributed by atoms with E-state index in [1.165, 1.54) is 18.4 Å². The maximum absolute atomic E-state index is 2.42. The molecule has 2 aliphatic rings. The first-order valence-electron chi connectivity index (χ1n) is 8.51. The lowest BCUT2D eigenvalue weighted by Gasteiger charge is -2.39. The van der Waals surface area contributed by atoms with Gasteiger partial charge in [0, 0.05) is 11.3 Å². The van der Waals surface area contributed by atoms with Crippen molar-refractivity contribution >= 4 is 5.57 Å². The molecule has 0 N–H and O–H groups in total. The SMILES string of the molecule is CCC1(CC)C2=C(c3ccccc31)C(C)C(C)=C(C)C2C. The molecule has 0 radical (unpaired) electrons. The van der Waals surface area contributed by atoms with Crippen LogP contribution in [-0.4, -0.2) is 0 Å². The highest BCUT2D eigenvalue weighted by molar-refractivity contribution is 5.85. The average molecular weight is 280 g/mol. The molecule has 2 unspecified atom stereocenters. The van der Waals surface area contributed by atoms with Crippen LogP contribution >= 0.6 is 0 Å². The average Bonchev–Trinajstić information content (AvgIpc) is 2.82. The van der Waals surface area contributed by atoms with Gasteiger partial charge in [0.1, 0.15) is 0 Å². The largest absolute Gasteiger partial charge is 0.0669 e. The highest BCUT2D eigenvalue weighted by atomic mass is 14.5. The summed E-state index contributed by atoms with van der Waals surface area (Å²) in [7, 11) is 0. The smallest absolute Gasteiger partial charge is 0.0174 e. The van der Waals surface area contributed by atoms with E-state index in [1.807, 2.05) is 0 Å². The third kappa shape index (κ3) is 1.68. The normalized spacial score (nSPS) is 27.0. The van der Waals surface area contributed by atoms with Crippen molar-refractivity contribution in [2.75, 3.05) is 0 Å². The monoisotopic (exact) mass is 280 g/mol. The fourth-order valence-electron chi connectivity index (χ4n) is 4.93. The molecular formula is C21H28. The van der Waals surface area contributed by atoms with Gasteiger partial charge in [-0.05, 0) is 54.9 Å². The molecular weight excluding hydrogens is 252 g/mol. The van der Waals surface area contributed by atoms with Crippen molar-refractivity contribution < 1.29 is 0 Å². The molecule has 2 aliphatic carbocycles. The van der Waals surface area contributed by atoms with Crippen molar-refractivity contribution in [3.05, 3.63) is 52.1 Å². The molecule has 0 fully saturated rings. The van der Waals surface area contributed by atoms with Crippen LogP contribution in [0.25, 0.3) is 5.57 Å². The molecule has 0 amide bonds. The summed E-state index contributed by atoms with van der Waals surface area (Å²) in [5.41, 5.74) is 9.93. The first-order chi connectivity index (χ1) is 9.99. The van der Waals surface area contributed by atoms with Crippen LogP contribution in [-0.2, 0) is 5.41 Å². The van der Waals surface area contributed by atoms with E-state index in [-0.39, 0.29) is 5.41 Å². The second-order valence-corrected chi connectivity index (χ2v) is 6.97. The van der Waals surface area contributed by atoms with Gasteiger partial charge in [-0.1, -0.05) is 63.1 Å². The van der Waals surface area contributed by atoms with Gasteiger partial charge >= 0.3 is 0 Å². The van der Waals surface area contributed by atoms with Crippen molar-refractivity contribution in [3.8, 4) is 0 Å². The first-order valence-corrected chi connectivity index (χ1v) is 8.51. The van der Waals surface area contributed by atoms with Crippen molar-refractivity contribution in [1.29, 1.82) is 0 Å². The molecule has 2 atom stereocenters. The lowest BCUT2D eigenvalue weighted by Crippen LogP contribution is -2.30. The highest BCUT2D eigenvalue weighted by Gasteiger charge is 2.47. The second kappa shape index (κ2) is 4.87. The zero-order valence-electron chi connectivity index (χ0n) is 14.4. The van der Waals surface area contributed by atoms with E-state index in [1.54, 1.807) is 27.9 Å². The summed E-state index contributed by atoms with van der Waals surface area (Å²) < 4.78 is 0. The molecule has 112 valence electrons. The number of hydrogen-bond acceptors (Lipinski definition) is 0. The van der Waals surface area contributed by atoms with E-state index < -0.39 is 0 Å². The van der Waals surface area contributed by atoms with Crippen LogP contribution in [0.4, 0.5) is 0 Å². The Morgan fingerprint density at radius 2 is 1.48 bits per heavy atom. The molecule has 0 aromatic heterocycles. The molecule has 21 heavy (non-hydrogen) atoms. The molecule has 0 saturated carbocycles. The van der Waals surface area contributed by atoms with Crippen molar-refractivity contribution in [1.82, 2.24) is 0 Å². The number of benzene rings is 1. The number of hydrogen-bond donors (Lipinski definition) is 0. The zero-order chi connectivity index (χ0) is 15.4. The van der Waals surface area contributed by atoms with Crippen molar-refractivity contribution in [3.63, 3.8) is 0 Å². The minimum absolute atomic E-state index is 0.265. The van der Waals surface area contributed by atoms with Crippen LogP contribution in [0.2, 0.25) is 0 Å². The Morgan fingerprint density at radius 3 is 2.10 bits per heavy atom. The molecule has 0 spiro atoms. The molecule has 0 heteroatoms. The minimum Gasteiger partial charge on any atom is -0.0669 e. The van der Waals surface area contributed by atoms with Gasteiger partial charge in [-0.25, -0.2) is 0 Å². The summed E-state index contributed by atoms with van der Waals surface area (Å²) >= 11 is 0. The Bertz CT molecular complexity index is 638. The fourth-order valence-corrected chi connectivity index (χ4v) is 4.93. The van der Waals surface area contributed by atoms with E-state index in [9.17, 15) is 0 Å². The van der Waals surface area contributed by atoms with Gasteiger partial charge in [0.05, 0.1) is 0 Å². The quantitative estimate of drug-likeness (QED) is 0.571. The van der Waals surface area contributed by atoms with E-state index in [2.05, 4.69) is 65.8 Å². The summed E-state index contributed by atoms with van der Waals surface area (Å²) in [4.78, 5) is 0. The molecule has 0 bridgehead atoms. The molecule has 0 nitrogen and oxygen atoms in total. The number of allylic oxidation sites excluding steroid dienone is 4. The molecule has 0 aliphatic heterocycles. The summed E-state index contributed by atoms with van der Waals surface area (Å²) in [6.07, 6.45) is 2.42. The number of rotatable bonds is 2. The van der Waals surface area contributed by atoms with E-state index in [4.69, 9.17) is 0 Å². The summed E-state index contributed by atoms with van der Waals surface area (Å²) in [6, 6.07) is 9.17. The van der Waals surface area contributed by atoms with E-state index >= 15 is 0 Å². The summed E-state index contributed by atoms with van der Waals surface area (Å²) in [6.45, 7) is 14.2. The van der Waals surface area contributed by atoms with Crippen LogP contribution in [0, 0.1) is 11.8 Å². The number of fused-ring (bicyclic) bond motifs is 2. The molecule has 0 saturated heterocycles. The molecule has 3 rings (SSSR count). The standard InChI is InChI=1S/C21H28/c1-7-21(8-2)18-12-10-9-11-17(18)19-15(5)13(3)14(4)16(6)20(19)21/h9-12,15-16H,7-8H2,1-6H3. The molecule has 1 aromatic carbocycles. The Labute approximate surface area is 130 Å². The van der Waals surface area contributed by atoms with E-state index in [0.717, 1.165) is 0 Å². The van der Waals surface area contributed by atoms with Crippen molar-refractivity contribution in [2.24, 2.45) is 11.8 Å². The zero-order valence-corrected chi connectivity index (χ0v) is 14.4. The molecule has 1 aromatic rings. The van der Waals surface area contributed by atoms with Crippen LogP contribution in [0.15, 0.2) is 41.0 Å². The first kappa shape index (κ1) is 14.6.